The van der Waals surface area contributed by atoms with Gasteiger partial charge in [0.15, 0.2) is 11.0 Å². The van der Waals surface area contributed by atoms with E-state index in [1.54, 1.807) is 18.2 Å². The van der Waals surface area contributed by atoms with Crippen molar-refractivity contribution >= 4 is 17.7 Å². The van der Waals surface area contributed by atoms with Crippen LogP contribution in [0.5, 0.6) is 0 Å². The molecule has 7 heteroatoms. The number of carbonyl (C=O) groups is 1. The number of allylic oxidation sites excluding steroid dienone is 1. The zero-order valence-electron chi connectivity index (χ0n) is 11.5. The first-order chi connectivity index (χ1) is 10.2. The van der Waals surface area contributed by atoms with E-state index in [1.165, 1.54) is 31.0 Å². The molecular weight excluding hydrogens is 293 g/mol. The lowest BCUT2D eigenvalue weighted by Crippen LogP contribution is -2.06. The third-order valence-electron chi connectivity index (χ3n) is 2.68. The van der Waals surface area contributed by atoms with Gasteiger partial charge in [-0.2, -0.15) is 0 Å². The average Bonchev–Trinajstić information content (AvgIpc) is 2.89. The van der Waals surface area contributed by atoms with Crippen molar-refractivity contribution in [1.29, 1.82) is 0 Å². The smallest absolute Gasteiger partial charge is 0.316 e. The lowest BCUT2D eigenvalue weighted by atomic mass is 10.2. The highest BCUT2D eigenvalue weighted by molar-refractivity contribution is 7.99. The van der Waals surface area contributed by atoms with Crippen molar-refractivity contribution < 1.29 is 13.9 Å². The van der Waals surface area contributed by atoms with Gasteiger partial charge in [-0.1, -0.05) is 17.8 Å². The Morgan fingerprint density at radius 2 is 2.14 bits per heavy atom. The third kappa shape index (κ3) is 3.69. The number of hydrogen-bond donors (Lipinski definition) is 0. The summed E-state index contributed by atoms with van der Waals surface area (Å²) in [5.41, 5.74) is 0.746. The number of halogens is 1. The Morgan fingerprint density at radius 1 is 1.43 bits per heavy atom. The maximum Gasteiger partial charge on any atom is 0.316 e. The lowest BCUT2D eigenvalue weighted by Gasteiger charge is -2.07. The number of benzene rings is 1. The molecule has 5 nitrogen and oxygen atoms in total. The first kappa shape index (κ1) is 15.2. The summed E-state index contributed by atoms with van der Waals surface area (Å²) in [4.78, 5) is 11.2. The van der Waals surface area contributed by atoms with Crippen LogP contribution in [0.1, 0.15) is 0 Å². The van der Waals surface area contributed by atoms with E-state index in [1.807, 2.05) is 4.57 Å². The Morgan fingerprint density at radius 3 is 2.76 bits per heavy atom. The third-order valence-corrected chi connectivity index (χ3v) is 3.62. The molecule has 0 bridgehead atoms. The van der Waals surface area contributed by atoms with Crippen LogP contribution in [0.4, 0.5) is 4.39 Å². The molecule has 0 aliphatic rings. The normalized spacial score (nSPS) is 10.4. The minimum absolute atomic E-state index is 0.148. The molecule has 110 valence electrons. The molecule has 1 aromatic heterocycles. The molecular formula is C14H14FN3O2S. The summed E-state index contributed by atoms with van der Waals surface area (Å²) in [5, 5.41) is 8.76. The highest BCUT2D eigenvalue weighted by Gasteiger charge is 2.15. The second kappa shape index (κ2) is 7.03. The number of hydrogen-bond acceptors (Lipinski definition) is 5. The predicted octanol–water partition coefficient (Wildman–Crippen LogP) is 2.54. The van der Waals surface area contributed by atoms with Crippen LogP contribution in [0.25, 0.3) is 11.4 Å². The largest absolute Gasteiger partial charge is 0.468 e. The molecule has 0 saturated heterocycles. The fourth-order valence-electron chi connectivity index (χ4n) is 1.68. The molecule has 0 aliphatic carbocycles. The maximum absolute atomic E-state index is 13.0. The molecule has 2 aromatic rings. The Balaban J connectivity index is 2.29. The molecule has 0 amide bonds. The van der Waals surface area contributed by atoms with Gasteiger partial charge in [-0.3, -0.25) is 9.36 Å². The number of ether oxygens (including phenoxy) is 1. The Hall–Kier alpha value is -2.15. The zero-order valence-corrected chi connectivity index (χ0v) is 12.3. The van der Waals surface area contributed by atoms with Crippen LogP contribution in [-0.4, -0.2) is 33.6 Å². The number of methoxy groups -OCH3 is 1. The summed E-state index contributed by atoms with van der Waals surface area (Å²) in [5.74, 6) is 0.0995. The molecule has 0 atom stereocenters. The van der Waals surface area contributed by atoms with Gasteiger partial charge in [0.25, 0.3) is 0 Å². The molecule has 0 saturated carbocycles. The minimum Gasteiger partial charge on any atom is -0.468 e. The lowest BCUT2D eigenvalue weighted by molar-refractivity contribution is -0.137. The zero-order chi connectivity index (χ0) is 15.2. The number of esters is 1. The van der Waals surface area contributed by atoms with Crippen molar-refractivity contribution in [2.75, 3.05) is 12.9 Å². The van der Waals surface area contributed by atoms with Crippen LogP contribution in [0, 0.1) is 5.82 Å². The van der Waals surface area contributed by atoms with Crippen LogP contribution in [0.15, 0.2) is 42.1 Å². The fourth-order valence-corrected chi connectivity index (χ4v) is 2.46. The second-order valence-corrected chi connectivity index (χ2v) is 5.02. The SMILES string of the molecule is C=CCn1c(SCC(=O)OC)nnc1-c1ccc(F)cc1. The fraction of sp³-hybridized carbons (Fsp3) is 0.214. The maximum atomic E-state index is 13.0. The number of rotatable bonds is 6. The van der Waals surface area contributed by atoms with Crippen molar-refractivity contribution in [3.05, 3.63) is 42.7 Å². The summed E-state index contributed by atoms with van der Waals surface area (Å²) >= 11 is 1.23. The highest BCUT2D eigenvalue weighted by atomic mass is 32.2. The van der Waals surface area contributed by atoms with Crippen molar-refractivity contribution in [1.82, 2.24) is 14.8 Å². The van der Waals surface area contributed by atoms with E-state index in [-0.39, 0.29) is 17.5 Å². The first-order valence-electron chi connectivity index (χ1n) is 6.15. The molecule has 0 unspecified atom stereocenters. The molecule has 0 fully saturated rings. The van der Waals surface area contributed by atoms with Gasteiger partial charge in [-0.15, -0.1) is 16.8 Å². The van der Waals surface area contributed by atoms with E-state index in [0.717, 1.165) is 5.56 Å². The minimum atomic E-state index is -0.337. The van der Waals surface area contributed by atoms with Crippen LogP contribution in [0.3, 0.4) is 0 Å². The number of nitrogens with zero attached hydrogens (tertiary/aromatic N) is 3. The topological polar surface area (TPSA) is 57.0 Å². The van der Waals surface area contributed by atoms with E-state index >= 15 is 0 Å². The monoisotopic (exact) mass is 307 g/mol. The molecule has 0 N–H and O–H groups in total. The second-order valence-electron chi connectivity index (χ2n) is 4.08. The molecule has 0 aliphatic heterocycles. The summed E-state index contributed by atoms with van der Waals surface area (Å²) in [6, 6.07) is 5.99. The van der Waals surface area contributed by atoms with Crippen LogP contribution >= 0.6 is 11.8 Å². The first-order valence-corrected chi connectivity index (χ1v) is 7.14. The Kier molecular flexibility index (Phi) is 5.10. The van der Waals surface area contributed by atoms with Crippen molar-refractivity contribution in [3.8, 4) is 11.4 Å². The van der Waals surface area contributed by atoms with Crippen molar-refractivity contribution in [2.24, 2.45) is 0 Å². The van der Waals surface area contributed by atoms with Gasteiger partial charge < -0.3 is 4.74 Å². The van der Waals surface area contributed by atoms with Gasteiger partial charge in [0.1, 0.15) is 5.82 Å². The molecule has 0 spiro atoms. The van der Waals surface area contributed by atoms with E-state index in [0.29, 0.717) is 17.5 Å². The van der Waals surface area contributed by atoms with E-state index in [2.05, 4.69) is 21.5 Å². The summed E-state index contributed by atoms with van der Waals surface area (Å²) in [6.07, 6.45) is 1.71. The number of thioether (sulfide) groups is 1. The summed E-state index contributed by atoms with van der Waals surface area (Å²) < 4.78 is 19.4. The molecule has 1 aromatic carbocycles. The quantitative estimate of drug-likeness (QED) is 0.466. The average molecular weight is 307 g/mol. The van der Waals surface area contributed by atoms with E-state index in [4.69, 9.17) is 0 Å². The van der Waals surface area contributed by atoms with Gasteiger partial charge >= 0.3 is 5.97 Å². The molecule has 1 heterocycles. The highest BCUT2D eigenvalue weighted by Crippen LogP contribution is 2.24. The van der Waals surface area contributed by atoms with Crippen LogP contribution < -0.4 is 0 Å². The number of carbonyl (C=O) groups excluding carboxylic acids is 1. The van der Waals surface area contributed by atoms with E-state index < -0.39 is 0 Å². The molecule has 21 heavy (non-hydrogen) atoms. The molecule has 0 radical (unpaired) electrons. The van der Waals surface area contributed by atoms with Gasteiger partial charge in [-0.05, 0) is 24.3 Å². The number of aromatic nitrogens is 3. The Labute approximate surface area is 125 Å². The molecule has 2 rings (SSSR count). The van der Waals surface area contributed by atoms with Crippen LogP contribution in [-0.2, 0) is 16.1 Å². The van der Waals surface area contributed by atoms with Crippen molar-refractivity contribution in [2.45, 2.75) is 11.7 Å². The standard InChI is InChI=1S/C14H14FN3O2S/c1-3-8-18-13(10-4-6-11(15)7-5-10)16-17-14(18)21-9-12(19)20-2/h3-7H,1,8-9H2,2H3. The van der Waals surface area contributed by atoms with Gasteiger partial charge in [0, 0.05) is 12.1 Å². The van der Waals surface area contributed by atoms with Gasteiger partial charge in [0.05, 0.1) is 12.9 Å². The van der Waals surface area contributed by atoms with Crippen LogP contribution in [0.2, 0.25) is 0 Å². The summed E-state index contributed by atoms with van der Waals surface area (Å²) in [7, 11) is 1.33. The Bertz CT molecular complexity index is 640. The van der Waals surface area contributed by atoms with Crippen molar-refractivity contribution in [3.63, 3.8) is 0 Å². The van der Waals surface area contributed by atoms with Gasteiger partial charge in [0.2, 0.25) is 0 Å². The summed E-state index contributed by atoms with van der Waals surface area (Å²) in [6.45, 7) is 4.19. The van der Waals surface area contributed by atoms with Gasteiger partial charge in [-0.25, -0.2) is 4.39 Å². The predicted molar refractivity (Wildman–Crippen MR) is 78.4 cm³/mol. The van der Waals surface area contributed by atoms with E-state index in [9.17, 15) is 9.18 Å².